The van der Waals surface area contributed by atoms with Crippen molar-refractivity contribution in [2.75, 3.05) is 19.8 Å². The summed E-state index contributed by atoms with van der Waals surface area (Å²) in [6.45, 7) is -0.229. The number of hydrogen-bond acceptors (Lipinski definition) is 4. The summed E-state index contributed by atoms with van der Waals surface area (Å²) in [7, 11) is 0. The second-order valence-corrected chi connectivity index (χ2v) is 7.37. The van der Waals surface area contributed by atoms with Crippen molar-refractivity contribution in [3.05, 3.63) is 59.7 Å². The van der Waals surface area contributed by atoms with Crippen LogP contribution in [0.4, 0.5) is 4.79 Å². The van der Waals surface area contributed by atoms with Gasteiger partial charge in [-0.15, -0.1) is 0 Å². The van der Waals surface area contributed by atoms with Crippen LogP contribution in [0.1, 0.15) is 36.3 Å². The number of β-amino-alcohol motifs (C(OH)–C–C–N with tert-alkyl or cyclic N) is 1. The van der Waals surface area contributed by atoms with E-state index < -0.39 is 17.6 Å². The molecule has 0 saturated heterocycles. The van der Waals surface area contributed by atoms with E-state index in [1.165, 1.54) is 4.90 Å². The van der Waals surface area contributed by atoms with Gasteiger partial charge in [-0.05, 0) is 41.5 Å². The third-order valence-electron chi connectivity index (χ3n) is 5.98. The number of hydrogen-bond donors (Lipinski definition) is 2. The second-order valence-electron chi connectivity index (χ2n) is 7.37. The molecule has 146 valence electrons. The molecule has 28 heavy (non-hydrogen) atoms. The number of carboxylic acids is 1. The third kappa shape index (κ3) is 2.85. The van der Waals surface area contributed by atoms with Gasteiger partial charge in [-0.25, -0.2) is 9.59 Å². The zero-order valence-corrected chi connectivity index (χ0v) is 15.5. The molecule has 2 aromatic rings. The molecule has 0 aliphatic heterocycles. The predicted octanol–water partition coefficient (Wildman–Crippen LogP) is 3.24. The lowest BCUT2D eigenvalue weighted by molar-refractivity contribution is -0.157. The summed E-state index contributed by atoms with van der Waals surface area (Å²) in [5.41, 5.74) is 3.20. The Balaban J connectivity index is 1.55. The Morgan fingerprint density at radius 2 is 1.61 bits per heavy atom. The Hall–Kier alpha value is -2.86. The number of ether oxygens (including phenoxy) is 1. The third-order valence-corrected chi connectivity index (χ3v) is 5.98. The molecular formula is C22H23NO5. The van der Waals surface area contributed by atoms with Crippen molar-refractivity contribution in [1.82, 2.24) is 4.90 Å². The highest BCUT2D eigenvalue weighted by molar-refractivity contribution is 5.85. The normalized spacial score (nSPS) is 16.6. The molecule has 0 unspecified atom stereocenters. The van der Waals surface area contributed by atoms with Crippen molar-refractivity contribution in [3.8, 4) is 11.1 Å². The van der Waals surface area contributed by atoms with Gasteiger partial charge in [0.25, 0.3) is 0 Å². The zero-order valence-electron chi connectivity index (χ0n) is 15.5. The van der Waals surface area contributed by atoms with Crippen molar-refractivity contribution in [1.29, 1.82) is 0 Å². The molecular weight excluding hydrogens is 358 g/mol. The monoisotopic (exact) mass is 381 g/mol. The summed E-state index contributed by atoms with van der Waals surface area (Å²) < 4.78 is 5.60. The van der Waals surface area contributed by atoms with E-state index in [9.17, 15) is 19.8 Å². The van der Waals surface area contributed by atoms with Crippen LogP contribution in [0.15, 0.2) is 48.5 Å². The first-order valence-corrected chi connectivity index (χ1v) is 9.55. The summed E-state index contributed by atoms with van der Waals surface area (Å²) in [5, 5.41) is 19.0. The molecule has 0 heterocycles. The van der Waals surface area contributed by atoms with Gasteiger partial charge < -0.3 is 14.9 Å². The van der Waals surface area contributed by atoms with E-state index in [1.54, 1.807) is 0 Å². The van der Waals surface area contributed by atoms with Gasteiger partial charge in [0.05, 0.1) is 6.61 Å². The van der Waals surface area contributed by atoms with E-state index in [-0.39, 0.29) is 25.7 Å². The predicted molar refractivity (Wildman–Crippen MR) is 103 cm³/mol. The lowest BCUT2D eigenvalue weighted by Crippen LogP contribution is -2.62. The van der Waals surface area contributed by atoms with Crippen molar-refractivity contribution in [3.63, 3.8) is 0 Å². The van der Waals surface area contributed by atoms with Gasteiger partial charge in [0.15, 0.2) is 0 Å². The van der Waals surface area contributed by atoms with Gasteiger partial charge in [0.1, 0.15) is 12.1 Å². The van der Waals surface area contributed by atoms with Crippen LogP contribution in [0.2, 0.25) is 0 Å². The topological polar surface area (TPSA) is 87.1 Å². The van der Waals surface area contributed by atoms with Crippen LogP contribution in [0.25, 0.3) is 11.1 Å². The molecule has 0 bridgehead atoms. The number of nitrogens with zero attached hydrogens (tertiary/aromatic N) is 1. The van der Waals surface area contributed by atoms with Crippen LogP contribution >= 0.6 is 0 Å². The fraction of sp³-hybridized carbons (Fsp3) is 0.364. The highest BCUT2D eigenvalue weighted by Gasteiger charge is 2.52. The molecule has 0 aromatic heterocycles. The molecule has 1 saturated carbocycles. The van der Waals surface area contributed by atoms with Crippen molar-refractivity contribution in [2.45, 2.75) is 30.7 Å². The van der Waals surface area contributed by atoms with Crippen molar-refractivity contribution < 1.29 is 24.5 Å². The van der Waals surface area contributed by atoms with Gasteiger partial charge in [0.2, 0.25) is 0 Å². The number of carbonyl (C=O) groups excluding carboxylic acids is 1. The molecule has 4 rings (SSSR count). The minimum Gasteiger partial charge on any atom is -0.479 e. The zero-order chi connectivity index (χ0) is 19.7. The minimum absolute atomic E-state index is 0.0526. The quantitative estimate of drug-likeness (QED) is 0.802. The SMILES string of the molecule is O=C(OCC1c2ccccc2-c2ccccc21)N(CCO)C1(C(=O)O)CCC1. The lowest BCUT2D eigenvalue weighted by atomic mass is 9.75. The standard InChI is InChI=1S/C22H23NO5/c24-13-12-23(22(20(25)26)10-5-11-22)21(27)28-14-19-17-8-3-1-6-15(17)16-7-2-4-9-18(16)19/h1-4,6-9,19,24H,5,10-14H2,(H,25,26). The number of amides is 1. The molecule has 2 N–H and O–H groups in total. The summed E-state index contributed by atoms with van der Waals surface area (Å²) in [6, 6.07) is 16.1. The number of benzene rings is 2. The Bertz CT molecular complexity index is 860. The van der Waals surface area contributed by atoms with Crippen LogP contribution < -0.4 is 0 Å². The maximum absolute atomic E-state index is 12.8. The van der Waals surface area contributed by atoms with Gasteiger partial charge in [-0.2, -0.15) is 0 Å². The van der Waals surface area contributed by atoms with E-state index in [2.05, 4.69) is 12.1 Å². The summed E-state index contributed by atoms with van der Waals surface area (Å²) >= 11 is 0. The Labute approximate surface area is 163 Å². The first kappa shape index (κ1) is 18.5. The fourth-order valence-electron chi connectivity index (χ4n) is 4.36. The van der Waals surface area contributed by atoms with Crippen molar-refractivity contribution in [2.24, 2.45) is 0 Å². The van der Waals surface area contributed by atoms with Gasteiger partial charge in [-0.3, -0.25) is 4.90 Å². The molecule has 2 aliphatic carbocycles. The van der Waals surface area contributed by atoms with Gasteiger partial charge in [0, 0.05) is 12.5 Å². The highest BCUT2D eigenvalue weighted by atomic mass is 16.6. The van der Waals surface area contributed by atoms with E-state index in [0.29, 0.717) is 12.8 Å². The number of aliphatic carboxylic acids is 1. The molecule has 6 nitrogen and oxygen atoms in total. The smallest absolute Gasteiger partial charge is 0.410 e. The summed E-state index contributed by atoms with van der Waals surface area (Å²) in [4.78, 5) is 25.8. The van der Waals surface area contributed by atoms with E-state index in [0.717, 1.165) is 28.7 Å². The first-order chi connectivity index (χ1) is 13.6. The number of aliphatic hydroxyl groups excluding tert-OH is 1. The molecule has 0 atom stereocenters. The summed E-state index contributed by atoms with van der Waals surface area (Å²) in [5.74, 6) is -1.13. The Morgan fingerprint density at radius 1 is 1.04 bits per heavy atom. The molecule has 0 spiro atoms. The second kappa shape index (κ2) is 7.28. The summed E-state index contributed by atoms with van der Waals surface area (Å²) in [6.07, 6.45) is 0.822. The molecule has 2 aliphatic rings. The number of carbonyl (C=O) groups is 2. The number of carboxylic acid groups (broad SMARTS) is 1. The minimum atomic E-state index is -1.26. The van der Waals surface area contributed by atoms with Crippen LogP contribution in [0, 0.1) is 0 Å². The molecule has 2 aromatic carbocycles. The average molecular weight is 381 g/mol. The maximum atomic E-state index is 12.8. The van der Waals surface area contributed by atoms with Crippen LogP contribution in [0.3, 0.4) is 0 Å². The lowest BCUT2D eigenvalue weighted by Gasteiger charge is -2.45. The maximum Gasteiger partial charge on any atom is 0.410 e. The van der Waals surface area contributed by atoms with Gasteiger partial charge >= 0.3 is 12.1 Å². The number of fused-ring (bicyclic) bond motifs is 3. The van der Waals surface area contributed by atoms with E-state index in [1.807, 2.05) is 36.4 Å². The fourth-order valence-corrected chi connectivity index (χ4v) is 4.36. The average Bonchev–Trinajstić information content (AvgIpc) is 2.98. The van der Waals surface area contributed by atoms with Crippen LogP contribution in [-0.2, 0) is 9.53 Å². The molecule has 6 heteroatoms. The molecule has 0 radical (unpaired) electrons. The Morgan fingerprint density at radius 3 is 2.07 bits per heavy atom. The van der Waals surface area contributed by atoms with Crippen LogP contribution in [0.5, 0.6) is 0 Å². The molecule has 1 fully saturated rings. The van der Waals surface area contributed by atoms with E-state index >= 15 is 0 Å². The van der Waals surface area contributed by atoms with E-state index in [4.69, 9.17) is 4.74 Å². The largest absolute Gasteiger partial charge is 0.479 e. The number of aliphatic hydroxyl groups is 1. The van der Waals surface area contributed by atoms with Crippen molar-refractivity contribution >= 4 is 12.1 Å². The molecule has 1 amide bonds. The van der Waals surface area contributed by atoms with Crippen LogP contribution in [-0.4, -0.2) is 52.5 Å². The Kier molecular flexibility index (Phi) is 4.81. The highest BCUT2D eigenvalue weighted by Crippen LogP contribution is 2.45. The first-order valence-electron chi connectivity index (χ1n) is 9.55. The number of rotatable bonds is 6. The van der Waals surface area contributed by atoms with Gasteiger partial charge in [-0.1, -0.05) is 48.5 Å².